The zero-order valence-electron chi connectivity index (χ0n) is 12.6. The Kier molecular flexibility index (Phi) is 3.59. The molecule has 1 aromatic carbocycles. The van der Waals surface area contributed by atoms with Gasteiger partial charge in [-0.1, -0.05) is 30.3 Å². The van der Waals surface area contributed by atoms with Crippen molar-refractivity contribution in [3.05, 3.63) is 71.5 Å². The summed E-state index contributed by atoms with van der Waals surface area (Å²) in [4.78, 5) is 17.2. The van der Waals surface area contributed by atoms with Gasteiger partial charge >= 0.3 is 0 Å². The summed E-state index contributed by atoms with van der Waals surface area (Å²) in [6, 6.07) is 13.9. The zero-order valence-corrected chi connectivity index (χ0v) is 13.4. The van der Waals surface area contributed by atoms with Crippen LogP contribution < -0.4 is 5.73 Å². The van der Waals surface area contributed by atoms with Crippen molar-refractivity contribution in [2.24, 2.45) is 0 Å². The molecule has 118 valence electrons. The second-order valence-corrected chi connectivity index (χ2v) is 5.63. The highest BCUT2D eigenvalue weighted by Crippen LogP contribution is 2.25. The fourth-order valence-electron chi connectivity index (χ4n) is 2.65. The van der Waals surface area contributed by atoms with E-state index in [9.17, 15) is 0 Å². The van der Waals surface area contributed by atoms with Crippen molar-refractivity contribution < 1.29 is 0 Å². The third kappa shape index (κ3) is 2.57. The molecule has 0 saturated heterocycles. The average Bonchev–Trinajstić information content (AvgIpc) is 2.95. The topological polar surface area (TPSA) is 82.5 Å². The van der Waals surface area contributed by atoms with Gasteiger partial charge in [0, 0.05) is 12.6 Å². The molecule has 0 bridgehead atoms. The molecule has 0 amide bonds. The van der Waals surface area contributed by atoms with Crippen molar-refractivity contribution in [3.8, 4) is 5.69 Å². The fraction of sp³-hybridized carbons (Fsp3) is 0.0588. The minimum absolute atomic E-state index is 0.0938. The minimum Gasteiger partial charge on any atom is -0.382 e. The number of hydrogen-bond acceptors (Lipinski definition) is 5. The van der Waals surface area contributed by atoms with Crippen LogP contribution in [0.2, 0.25) is 5.28 Å². The van der Waals surface area contributed by atoms with Crippen LogP contribution in [0.5, 0.6) is 0 Å². The molecule has 0 saturated carbocycles. The van der Waals surface area contributed by atoms with Crippen LogP contribution >= 0.6 is 11.6 Å². The molecule has 4 rings (SSSR count). The summed E-state index contributed by atoms with van der Waals surface area (Å²) in [6.07, 6.45) is 4.10. The van der Waals surface area contributed by atoms with Gasteiger partial charge in [-0.15, -0.1) is 0 Å². The van der Waals surface area contributed by atoms with Crippen LogP contribution in [-0.4, -0.2) is 24.5 Å². The molecule has 0 aliphatic heterocycles. The van der Waals surface area contributed by atoms with Crippen molar-refractivity contribution in [1.82, 2.24) is 24.5 Å². The molecule has 2 N–H and O–H groups in total. The number of hydrogen-bond donors (Lipinski definition) is 1. The highest BCUT2D eigenvalue weighted by molar-refractivity contribution is 6.28. The maximum atomic E-state index is 5.99. The van der Waals surface area contributed by atoms with E-state index < -0.39 is 0 Å². The van der Waals surface area contributed by atoms with E-state index in [-0.39, 0.29) is 11.1 Å². The number of halogens is 1. The van der Waals surface area contributed by atoms with E-state index >= 15 is 0 Å². The van der Waals surface area contributed by atoms with Gasteiger partial charge in [-0.2, -0.15) is 9.97 Å². The predicted octanol–water partition coefficient (Wildman–Crippen LogP) is 3.04. The lowest BCUT2D eigenvalue weighted by molar-refractivity contribution is 0.918. The van der Waals surface area contributed by atoms with Gasteiger partial charge in [0.25, 0.3) is 0 Å². The number of pyridine rings is 1. The third-order valence-electron chi connectivity index (χ3n) is 3.69. The Morgan fingerprint density at radius 2 is 1.83 bits per heavy atom. The van der Waals surface area contributed by atoms with E-state index in [1.807, 2.05) is 34.9 Å². The number of nitrogens with zero attached hydrogens (tertiary/aromatic N) is 5. The second kappa shape index (κ2) is 5.90. The Labute approximate surface area is 143 Å². The molecule has 6 nitrogen and oxygen atoms in total. The molecule has 7 heteroatoms. The summed E-state index contributed by atoms with van der Waals surface area (Å²) in [6.45, 7) is 0. The van der Waals surface area contributed by atoms with E-state index in [2.05, 4.69) is 32.1 Å². The maximum Gasteiger partial charge on any atom is 0.226 e. The first-order chi connectivity index (χ1) is 11.7. The standard InChI is InChI=1S/C17H13ClN6/c18-17-22-15(19)14-16(23-17)24(12-7-4-8-20-10-12)13(21-14)9-11-5-2-1-3-6-11/h1-8,10H,9H2,(H2,19,22,23). The number of nitrogens with two attached hydrogens (primary N) is 1. The Bertz CT molecular complexity index is 998. The summed E-state index contributed by atoms with van der Waals surface area (Å²) < 4.78 is 1.92. The van der Waals surface area contributed by atoms with E-state index in [1.54, 1.807) is 12.4 Å². The number of nitrogen functional groups attached to an aromatic ring is 1. The van der Waals surface area contributed by atoms with Crippen LogP contribution in [0.3, 0.4) is 0 Å². The van der Waals surface area contributed by atoms with Crippen molar-refractivity contribution in [2.45, 2.75) is 6.42 Å². The van der Waals surface area contributed by atoms with Crippen molar-refractivity contribution in [1.29, 1.82) is 0 Å². The molecule has 0 unspecified atom stereocenters. The lowest BCUT2D eigenvalue weighted by atomic mass is 10.1. The number of anilines is 1. The van der Waals surface area contributed by atoms with Gasteiger partial charge in [0.15, 0.2) is 17.0 Å². The molecule has 0 aliphatic carbocycles. The molecule has 0 fully saturated rings. The lowest BCUT2D eigenvalue weighted by Crippen LogP contribution is -2.04. The zero-order chi connectivity index (χ0) is 16.5. The van der Waals surface area contributed by atoms with Gasteiger partial charge in [-0.25, -0.2) is 4.98 Å². The molecule has 0 aliphatic rings. The van der Waals surface area contributed by atoms with Crippen LogP contribution in [0.4, 0.5) is 5.82 Å². The Morgan fingerprint density at radius 1 is 1.00 bits per heavy atom. The molecule has 0 atom stereocenters. The highest BCUT2D eigenvalue weighted by Gasteiger charge is 2.18. The summed E-state index contributed by atoms with van der Waals surface area (Å²) in [5.41, 5.74) is 9.08. The van der Waals surface area contributed by atoms with E-state index in [0.29, 0.717) is 17.6 Å². The van der Waals surface area contributed by atoms with Crippen molar-refractivity contribution >= 4 is 28.6 Å². The molecular formula is C17H13ClN6. The first-order valence-corrected chi connectivity index (χ1v) is 7.75. The fourth-order valence-corrected chi connectivity index (χ4v) is 2.82. The summed E-state index contributed by atoms with van der Waals surface area (Å²) in [5, 5.41) is 0.0938. The first kappa shape index (κ1) is 14.6. The predicted molar refractivity (Wildman–Crippen MR) is 93.1 cm³/mol. The third-order valence-corrected chi connectivity index (χ3v) is 3.85. The average molecular weight is 337 g/mol. The van der Waals surface area contributed by atoms with Crippen LogP contribution in [0.15, 0.2) is 54.9 Å². The highest BCUT2D eigenvalue weighted by atomic mass is 35.5. The SMILES string of the molecule is Nc1nc(Cl)nc2c1nc(Cc1ccccc1)n2-c1cccnc1. The minimum atomic E-state index is 0.0938. The van der Waals surface area contributed by atoms with Gasteiger partial charge in [0.1, 0.15) is 5.82 Å². The van der Waals surface area contributed by atoms with E-state index in [1.165, 1.54) is 0 Å². The van der Waals surface area contributed by atoms with Crippen LogP contribution in [0.1, 0.15) is 11.4 Å². The van der Waals surface area contributed by atoms with Crippen molar-refractivity contribution in [2.75, 3.05) is 5.73 Å². The van der Waals surface area contributed by atoms with Crippen LogP contribution in [0, 0.1) is 0 Å². The number of rotatable bonds is 3. The molecule has 24 heavy (non-hydrogen) atoms. The molecule has 0 radical (unpaired) electrons. The number of benzene rings is 1. The van der Waals surface area contributed by atoms with Gasteiger partial charge < -0.3 is 5.73 Å². The molecule has 3 aromatic heterocycles. The van der Waals surface area contributed by atoms with E-state index in [0.717, 1.165) is 17.1 Å². The summed E-state index contributed by atoms with van der Waals surface area (Å²) in [7, 11) is 0. The first-order valence-electron chi connectivity index (χ1n) is 7.37. The molecule has 4 aromatic rings. The van der Waals surface area contributed by atoms with E-state index in [4.69, 9.17) is 17.3 Å². The summed E-state index contributed by atoms with van der Waals surface area (Å²) in [5.74, 6) is 1.06. The quantitative estimate of drug-likeness (QED) is 0.581. The Morgan fingerprint density at radius 3 is 2.58 bits per heavy atom. The monoisotopic (exact) mass is 336 g/mol. The van der Waals surface area contributed by atoms with Crippen LogP contribution in [-0.2, 0) is 6.42 Å². The van der Waals surface area contributed by atoms with Gasteiger partial charge in [-0.3, -0.25) is 9.55 Å². The normalized spacial score (nSPS) is 11.0. The van der Waals surface area contributed by atoms with Gasteiger partial charge in [0.05, 0.1) is 11.9 Å². The van der Waals surface area contributed by atoms with Crippen molar-refractivity contribution in [3.63, 3.8) is 0 Å². The Balaban J connectivity index is 1.97. The smallest absolute Gasteiger partial charge is 0.226 e. The van der Waals surface area contributed by atoms with Gasteiger partial charge in [0.2, 0.25) is 5.28 Å². The number of imidazole rings is 1. The molecule has 3 heterocycles. The molecule has 0 spiro atoms. The molecular weight excluding hydrogens is 324 g/mol. The second-order valence-electron chi connectivity index (χ2n) is 5.29. The van der Waals surface area contributed by atoms with Crippen LogP contribution in [0.25, 0.3) is 16.9 Å². The largest absolute Gasteiger partial charge is 0.382 e. The van der Waals surface area contributed by atoms with Gasteiger partial charge in [-0.05, 0) is 29.3 Å². The number of aromatic nitrogens is 5. The summed E-state index contributed by atoms with van der Waals surface area (Å²) >= 11 is 5.99. The number of fused-ring (bicyclic) bond motifs is 1. The maximum absolute atomic E-state index is 5.99. The Hall–Kier alpha value is -2.99. The lowest BCUT2D eigenvalue weighted by Gasteiger charge is -2.08.